The highest BCUT2D eigenvalue weighted by Gasteiger charge is 2.24. The molecule has 8 nitrogen and oxygen atoms in total. The second-order valence-corrected chi connectivity index (χ2v) is 13.4. The molecule has 0 aliphatic rings. The molecule has 1 unspecified atom stereocenters. The van der Waals surface area contributed by atoms with E-state index < -0.39 is 11.3 Å². The topological polar surface area (TPSA) is 93.5 Å². The van der Waals surface area contributed by atoms with Crippen molar-refractivity contribution in [2.45, 2.75) is 104 Å². The van der Waals surface area contributed by atoms with Crippen LogP contribution < -0.4 is 13.6 Å². The van der Waals surface area contributed by atoms with E-state index in [1.54, 1.807) is 16.8 Å². The van der Waals surface area contributed by atoms with E-state index in [1.165, 1.54) is 57.8 Å². The van der Waals surface area contributed by atoms with Crippen LogP contribution >= 0.6 is 11.6 Å². The van der Waals surface area contributed by atoms with Gasteiger partial charge in [0, 0.05) is 11.0 Å². The molecule has 0 spiro atoms. The predicted molar refractivity (Wildman–Crippen MR) is 177 cm³/mol. The number of benzene rings is 2. The molecule has 4 rings (SSSR count). The molecule has 4 aromatic rings. The van der Waals surface area contributed by atoms with E-state index >= 15 is 0 Å². The van der Waals surface area contributed by atoms with Crippen molar-refractivity contribution in [3.05, 3.63) is 58.7 Å². The van der Waals surface area contributed by atoms with Crippen LogP contribution in [0.1, 0.15) is 103 Å². The molecule has 1 atom stereocenters. The van der Waals surface area contributed by atoms with Gasteiger partial charge in [-0.05, 0) is 49.2 Å². The lowest BCUT2D eigenvalue weighted by Crippen LogP contribution is -2.13. The molecule has 2 aromatic heterocycles. The normalized spacial score (nSPS) is 12.5. The summed E-state index contributed by atoms with van der Waals surface area (Å²) in [4.78, 5) is 4.64. The number of ether oxygens (including phenoxy) is 1. The summed E-state index contributed by atoms with van der Waals surface area (Å²) in [6.45, 7) is 11.1. The summed E-state index contributed by atoms with van der Waals surface area (Å²) in [5.41, 5.74) is 3.62. The molecule has 0 fully saturated rings. The van der Waals surface area contributed by atoms with Gasteiger partial charge in [-0.3, -0.25) is 9.82 Å². The Labute approximate surface area is 263 Å². The third-order valence-electron chi connectivity index (χ3n) is 7.44. The van der Waals surface area contributed by atoms with Gasteiger partial charge in [0.05, 0.1) is 18.0 Å². The number of aromatic nitrogens is 4. The number of halogens is 1. The standard InChI is InChI=1S/C33H46ClN5O3S/c1-6-7-8-9-10-11-12-13-14-15-22-41-26-18-20-27(21-19-26)42-43(40)38-28-23-25(17-16-24(28)2)31-35-32-29(34)30(33(3,4)5)36-39(32)37-31/h16-21,23,36,38H,6-15,22H2,1-5H3. The molecular formula is C33H46ClN5O3S. The van der Waals surface area contributed by atoms with Crippen LogP contribution in [0.3, 0.4) is 0 Å². The number of hydrogen-bond donors (Lipinski definition) is 2. The minimum absolute atomic E-state index is 0.162. The molecule has 0 bridgehead atoms. The molecule has 2 aromatic carbocycles. The summed E-state index contributed by atoms with van der Waals surface area (Å²) in [5.74, 6) is 1.78. The van der Waals surface area contributed by atoms with Gasteiger partial charge >= 0.3 is 11.3 Å². The first-order valence-electron chi connectivity index (χ1n) is 15.5. The lowest BCUT2D eigenvalue weighted by Gasteiger charge is -2.16. The highest BCUT2D eigenvalue weighted by Crippen LogP contribution is 2.32. The maximum absolute atomic E-state index is 12.8. The van der Waals surface area contributed by atoms with E-state index in [2.05, 4.69) is 47.6 Å². The molecule has 0 aliphatic heterocycles. The zero-order chi connectivity index (χ0) is 30.8. The van der Waals surface area contributed by atoms with Crippen LogP contribution in [0.25, 0.3) is 17.0 Å². The second kappa shape index (κ2) is 15.6. The Hall–Kier alpha value is -3.04. The van der Waals surface area contributed by atoms with Gasteiger partial charge in [-0.1, -0.05) is 109 Å². The van der Waals surface area contributed by atoms with Crippen molar-refractivity contribution in [1.82, 2.24) is 19.8 Å². The van der Waals surface area contributed by atoms with Crippen molar-refractivity contribution in [2.75, 3.05) is 11.3 Å². The molecule has 0 amide bonds. The fourth-order valence-electron chi connectivity index (χ4n) is 4.86. The maximum Gasteiger partial charge on any atom is 0.316 e. The lowest BCUT2D eigenvalue weighted by atomic mass is 9.92. The van der Waals surface area contributed by atoms with Gasteiger partial charge in [0.25, 0.3) is 0 Å². The van der Waals surface area contributed by atoms with Crippen molar-refractivity contribution in [3.63, 3.8) is 0 Å². The van der Waals surface area contributed by atoms with Crippen LogP contribution in [-0.2, 0) is 16.7 Å². The number of aromatic amines is 1. The van der Waals surface area contributed by atoms with Gasteiger partial charge in [0.2, 0.25) is 0 Å². The van der Waals surface area contributed by atoms with Crippen LogP contribution in [-0.4, -0.2) is 30.6 Å². The largest absolute Gasteiger partial charge is 0.494 e. The monoisotopic (exact) mass is 627 g/mol. The molecule has 43 heavy (non-hydrogen) atoms. The summed E-state index contributed by atoms with van der Waals surface area (Å²) >= 11 is 4.79. The van der Waals surface area contributed by atoms with Crippen molar-refractivity contribution in [2.24, 2.45) is 0 Å². The van der Waals surface area contributed by atoms with E-state index in [-0.39, 0.29) is 5.41 Å². The fourth-order valence-corrected chi connectivity index (χ4v) is 6.03. The average molecular weight is 628 g/mol. The van der Waals surface area contributed by atoms with Crippen molar-refractivity contribution in [1.29, 1.82) is 0 Å². The molecule has 0 radical (unpaired) electrons. The first kappa shape index (κ1) is 32.9. The molecule has 234 valence electrons. The van der Waals surface area contributed by atoms with E-state index in [0.717, 1.165) is 29.0 Å². The molecule has 10 heteroatoms. The van der Waals surface area contributed by atoms with Crippen molar-refractivity contribution in [3.8, 4) is 22.9 Å². The number of fused-ring (bicyclic) bond motifs is 1. The second-order valence-electron chi connectivity index (χ2n) is 12.2. The van der Waals surface area contributed by atoms with Gasteiger partial charge < -0.3 is 8.92 Å². The summed E-state index contributed by atoms with van der Waals surface area (Å²) < 4.78 is 28.9. The Balaban J connectivity index is 1.23. The fraction of sp³-hybridized carbons (Fsp3) is 0.515. The third kappa shape index (κ3) is 9.47. The predicted octanol–water partition coefficient (Wildman–Crippen LogP) is 9.35. The number of hydrogen-bond acceptors (Lipinski definition) is 5. The lowest BCUT2D eigenvalue weighted by molar-refractivity contribution is 0.304. The van der Waals surface area contributed by atoms with Crippen molar-refractivity contribution >= 4 is 34.2 Å². The SMILES string of the molecule is CCCCCCCCCCCCOc1ccc(OS(=O)Nc2cc(-c3nc4c(Cl)c(C(C)(C)C)[nH]n4n3)ccc2C)cc1. The number of H-pyrrole nitrogens is 1. The Bertz CT molecular complexity index is 1480. The van der Waals surface area contributed by atoms with E-state index in [9.17, 15) is 4.21 Å². The quantitative estimate of drug-likeness (QED) is 0.114. The highest BCUT2D eigenvalue weighted by molar-refractivity contribution is 7.82. The summed E-state index contributed by atoms with van der Waals surface area (Å²) in [6, 6.07) is 12.9. The van der Waals surface area contributed by atoms with Gasteiger partial charge in [-0.25, -0.2) is 4.98 Å². The maximum atomic E-state index is 12.8. The number of nitrogens with zero attached hydrogens (tertiary/aromatic N) is 3. The first-order valence-corrected chi connectivity index (χ1v) is 17.0. The van der Waals surface area contributed by atoms with Crippen LogP contribution in [0.5, 0.6) is 11.5 Å². The zero-order valence-corrected chi connectivity index (χ0v) is 27.7. The number of anilines is 1. The number of rotatable bonds is 17. The Kier molecular flexibility index (Phi) is 11.9. The Morgan fingerprint density at radius 2 is 1.56 bits per heavy atom. The first-order chi connectivity index (χ1) is 20.7. The summed E-state index contributed by atoms with van der Waals surface area (Å²) in [6.07, 6.45) is 13.0. The van der Waals surface area contributed by atoms with E-state index in [0.29, 0.717) is 34.5 Å². The minimum atomic E-state index is -1.81. The molecule has 0 aliphatic carbocycles. The number of aryl methyl sites for hydroxylation is 1. The Morgan fingerprint density at radius 1 is 0.930 bits per heavy atom. The van der Waals surface area contributed by atoms with Gasteiger partial charge in [0.15, 0.2) is 11.5 Å². The smallest absolute Gasteiger partial charge is 0.316 e. The van der Waals surface area contributed by atoms with Crippen LogP contribution in [0.4, 0.5) is 5.69 Å². The number of nitrogens with one attached hydrogen (secondary N) is 2. The zero-order valence-electron chi connectivity index (χ0n) is 26.2. The van der Waals surface area contributed by atoms with E-state index in [1.807, 2.05) is 37.3 Å². The minimum Gasteiger partial charge on any atom is -0.494 e. The average Bonchev–Trinajstić information content (AvgIpc) is 3.53. The summed E-state index contributed by atoms with van der Waals surface area (Å²) in [7, 11) is 0. The number of unbranched alkanes of at least 4 members (excludes halogenated alkanes) is 9. The van der Waals surface area contributed by atoms with Crippen LogP contribution in [0.2, 0.25) is 5.02 Å². The molecular weight excluding hydrogens is 582 g/mol. The van der Waals surface area contributed by atoms with Gasteiger partial charge in [-0.15, -0.1) is 5.10 Å². The highest BCUT2D eigenvalue weighted by atomic mass is 35.5. The molecule has 2 heterocycles. The summed E-state index contributed by atoms with van der Waals surface area (Å²) in [5, 5.41) is 8.37. The Morgan fingerprint density at radius 3 is 2.19 bits per heavy atom. The van der Waals surface area contributed by atoms with Gasteiger partial charge in [-0.2, -0.15) is 8.84 Å². The van der Waals surface area contributed by atoms with Gasteiger partial charge in [0.1, 0.15) is 16.5 Å². The third-order valence-corrected chi connectivity index (χ3v) is 8.53. The van der Waals surface area contributed by atoms with Crippen LogP contribution in [0, 0.1) is 6.92 Å². The molecule has 0 saturated carbocycles. The molecule has 2 N–H and O–H groups in total. The van der Waals surface area contributed by atoms with Crippen molar-refractivity contribution < 1.29 is 13.1 Å². The molecule has 0 saturated heterocycles. The van der Waals surface area contributed by atoms with E-state index in [4.69, 9.17) is 20.5 Å². The van der Waals surface area contributed by atoms with Crippen LogP contribution in [0.15, 0.2) is 42.5 Å².